The fourth-order valence-electron chi connectivity index (χ4n) is 4.70. The molecule has 1 heterocycles. The highest BCUT2D eigenvalue weighted by molar-refractivity contribution is 5.84. The van der Waals surface area contributed by atoms with Gasteiger partial charge in [0.1, 0.15) is 0 Å². The van der Waals surface area contributed by atoms with E-state index >= 15 is 0 Å². The van der Waals surface area contributed by atoms with Gasteiger partial charge in [0.2, 0.25) is 0 Å². The molecule has 0 amide bonds. The number of nitrogens with zero attached hydrogens (tertiary/aromatic N) is 1. The van der Waals surface area contributed by atoms with Crippen molar-refractivity contribution in [1.82, 2.24) is 4.98 Å². The Morgan fingerprint density at radius 3 is 2.25 bits per heavy atom. The molecule has 154 valence electrons. The highest BCUT2D eigenvalue weighted by atomic mass is 14.7. The van der Waals surface area contributed by atoms with E-state index in [2.05, 4.69) is 66.8 Å². The Bertz CT molecular complexity index is 754. The van der Waals surface area contributed by atoms with E-state index in [0.717, 1.165) is 12.3 Å². The van der Waals surface area contributed by atoms with Crippen LogP contribution in [-0.4, -0.2) is 4.98 Å². The Morgan fingerprint density at radius 2 is 1.64 bits per heavy atom. The Balaban J connectivity index is 2.46. The smallest absolute Gasteiger partial charge is 0.0448 e. The van der Waals surface area contributed by atoms with Crippen LogP contribution in [0.1, 0.15) is 110 Å². The lowest BCUT2D eigenvalue weighted by molar-refractivity contribution is 0.450. The van der Waals surface area contributed by atoms with E-state index in [1.54, 1.807) is 0 Å². The van der Waals surface area contributed by atoms with Crippen molar-refractivity contribution in [2.45, 2.75) is 99.8 Å². The van der Waals surface area contributed by atoms with E-state index in [4.69, 9.17) is 4.98 Å². The van der Waals surface area contributed by atoms with Crippen LogP contribution < -0.4 is 0 Å². The SMILES string of the molecule is CC/C=C(/CC(CCC)CCC)c1cc(C2=C(C)CCC(C)=C2C)cnc1C. The van der Waals surface area contributed by atoms with Gasteiger partial charge in [-0.3, -0.25) is 4.98 Å². The summed E-state index contributed by atoms with van der Waals surface area (Å²) < 4.78 is 0. The van der Waals surface area contributed by atoms with Gasteiger partial charge in [-0.25, -0.2) is 0 Å². The lowest BCUT2D eigenvalue weighted by atomic mass is 9.82. The minimum Gasteiger partial charge on any atom is -0.260 e. The Morgan fingerprint density at radius 1 is 1.00 bits per heavy atom. The van der Waals surface area contributed by atoms with E-state index in [1.165, 1.54) is 89.6 Å². The van der Waals surface area contributed by atoms with Crippen molar-refractivity contribution in [3.63, 3.8) is 0 Å². The molecule has 0 spiro atoms. The predicted octanol–water partition coefficient (Wildman–Crippen LogP) is 8.69. The first kappa shape index (κ1) is 22.7. The molecule has 0 radical (unpaired) electrons. The molecule has 1 aromatic rings. The molecule has 1 aliphatic carbocycles. The van der Waals surface area contributed by atoms with Crippen molar-refractivity contribution in [3.8, 4) is 0 Å². The Labute approximate surface area is 174 Å². The van der Waals surface area contributed by atoms with Crippen LogP contribution in [0.5, 0.6) is 0 Å². The summed E-state index contributed by atoms with van der Waals surface area (Å²) in [6, 6.07) is 2.43. The molecule has 2 rings (SSSR count). The summed E-state index contributed by atoms with van der Waals surface area (Å²) in [6.45, 7) is 15.9. The van der Waals surface area contributed by atoms with E-state index < -0.39 is 0 Å². The molecular weight excluding hydrogens is 338 g/mol. The summed E-state index contributed by atoms with van der Waals surface area (Å²) in [5.74, 6) is 0.787. The minimum atomic E-state index is 0.787. The fourth-order valence-corrected chi connectivity index (χ4v) is 4.70. The number of hydrogen-bond acceptors (Lipinski definition) is 1. The topological polar surface area (TPSA) is 12.9 Å². The Kier molecular flexibility index (Phi) is 8.73. The van der Waals surface area contributed by atoms with Gasteiger partial charge in [-0.15, -0.1) is 0 Å². The lowest BCUT2D eigenvalue weighted by Crippen LogP contribution is -2.05. The largest absolute Gasteiger partial charge is 0.260 e. The molecule has 0 aromatic carbocycles. The molecule has 0 saturated carbocycles. The van der Waals surface area contributed by atoms with Gasteiger partial charge in [-0.2, -0.15) is 0 Å². The van der Waals surface area contributed by atoms with Crippen LogP contribution >= 0.6 is 0 Å². The van der Waals surface area contributed by atoms with Crippen LogP contribution in [0.25, 0.3) is 11.1 Å². The molecule has 0 saturated heterocycles. The molecule has 1 aromatic heterocycles. The summed E-state index contributed by atoms with van der Waals surface area (Å²) in [5, 5.41) is 0. The van der Waals surface area contributed by atoms with Gasteiger partial charge in [0, 0.05) is 17.5 Å². The third-order valence-electron chi connectivity index (χ3n) is 6.39. The van der Waals surface area contributed by atoms with Crippen LogP contribution in [0.4, 0.5) is 0 Å². The first-order chi connectivity index (χ1) is 13.4. The summed E-state index contributed by atoms with van der Waals surface area (Å²) >= 11 is 0. The summed E-state index contributed by atoms with van der Waals surface area (Å²) in [7, 11) is 0. The first-order valence-electron chi connectivity index (χ1n) is 11.5. The van der Waals surface area contributed by atoms with E-state index in [9.17, 15) is 0 Å². The molecule has 0 N–H and O–H groups in total. The molecular formula is C27H41N. The van der Waals surface area contributed by atoms with Gasteiger partial charge in [0.15, 0.2) is 0 Å². The third-order valence-corrected chi connectivity index (χ3v) is 6.39. The number of aryl methyl sites for hydroxylation is 1. The fraction of sp³-hybridized carbons (Fsp3) is 0.593. The van der Waals surface area contributed by atoms with Gasteiger partial charge in [-0.1, -0.05) is 63.7 Å². The molecule has 1 nitrogen and oxygen atoms in total. The van der Waals surface area contributed by atoms with Crippen LogP contribution in [0.3, 0.4) is 0 Å². The second kappa shape index (κ2) is 10.8. The zero-order valence-electron chi connectivity index (χ0n) is 19.4. The zero-order chi connectivity index (χ0) is 20.7. The van der Waals surface area contributed by atoms with Crippen molar-refractivity contribution >= 4 is 11.1 Å². The van der Waals surface area contributed by atoms with Gasteiger partial charge in [0.05, 0.1) is 0 Å². The van der Waals surface area contributed by atoms with Crippen LogP contribution in [0.2, 0.25) is 0 Å². The standard InChI is InChI=1S/C27H41N/c1-8-11-23(12-9-2)16-24(13-10-3)26-17-25(18-28-22(26)7)27-20(5)15-14-19(4)21(27)6/h13,17-18,23H,8-12,14-16H2,1-7H3/b24-13-. The number of hydrogen-bond donors (Lipinski definition) is 0. The Hall–Kier alpha value is -1.63. The number of rotatable bonds is 9. The van der Waals surface area contributed by atoms with Crippen molar-refractivity contribution in [2.75, 3.05) is 0 Å². The predicted molar refractivity (Wildman–Crippen MR) is 125 cm³/mol. The zero-order valence-corrected chi connectivity index (χ0v) is 19.4. The number of allylic oxidation sites excluding steroid dienone is 6. The molecule has 0 bridgehead atoms. The third kappa shape index (κ3) is 5.46. The first-order valence-corrected chi connectivity index (χ1v) is 11.5. The molecule has 0 atom stereocenters. The molecule has 0 aliphatic heterocycles. The van der Waals surface area contributed by atoms with Crippen molar-refractivity contribution in [1.29, 1.82) is 0 Å². The van der Waals surface area contributed by atoms with Gasteiger partial charge < -0.3 is 0 Å². The number of aromatic nitrogens is 1. The summed E-state index contributed by atoms with van der Waals surface area (Å²) in [5.41, 5.74) is 11.3. The van der Waals surface area contributed by atoms with Crippen molar-refractivity contribution in [2.24, 2.45) is 5.92 Å². The highest BCUT2D eigenvalue weighted by Gasteiger charge is 2.19. The summed E-state index contributed by atoms with van der Waals surface area (Å²) in [4.78, 5) is 4.85. The normalized spacial score (nSPS) is 15.8. The van der Waals surface area contributed by atoms with E-state index in [-0.39, 0.29) is 0 Å². The van der Waals surface area contributed by atoms with Gasteiger partial charge in [-0.05, 0) is 87.6 Å². The maximum atomic E-state index is 4.85. The van der Waals surface area contributed by atoms with Gasteiger partial charge in [0.25, 0.3) is 0 Å². The lowest BCUT2D eigenvalue weighted by Gasteiger charge is -2.23. The molecule has 1 heteroatoms. The van der Waals surface area contributed by atoms with E-state index in [0.29, 0.717) is 0 Å². The van der Waals surface area contributed by atoms with Crippen LogP contribution in [0, 0.1) is 12.8 Å². The molecule has 1 aliphatic rings. The monoisotopic (exact) mass is 379 g/mol. The highest BCUT2D eigenvalue weighted by Crippen LogP contribution is 2.38. The second-order valence-corrected chi connectivity index (χ2v) is 8.70. The van der Waals surface area contributed by atoms with Crippen molar-refractivity contribution < 1.29 is 0 Å². The quantitative estimate of drug-likeness (QED) is 0.418. The average molecular weight is 380 g/mol. The maximum Gasteiger partial charge on any atom is 0.0448 e. The van der Waals surface area contributed by atoms with Crippen molar-refractivity contribution in [3.05, 3.63) is 51.9 Å². The number of pyridine rings is 1. The average Bonchev–Trinajstić information content (AvgIpc) is 2.66. The second-order valence-electron chi connectivity index (χ2n) is 8.70. The minimum absolute atomic E-state index is 0.787. The van der Waals surface area contributed by atoms with Gasteiger partial charge >= 0.3 is 0 Å². The summed E-state index contributed by atoms with van der Waals surface area (Å²) in [6.07, 6.45) is 14.4. The molecule has 28 heavy (non-hydrogen) atoms. The van der Waals surface area contributed by atoms with E-state index in [1.807, 2.05) is 0 Å². The van der Waals surface area contributed by atoms with Crippen LogP contribution in [-0.2, 0) is 0 Å². The molecule has 0 fully saturated rings. The van der Waals surface area contributed by atoms with Crippen LogP contribution in [0.15, 0.2) is 35.1 Å². The molecule has 0 unspecified atom stereocenters. The maximum absolute atomic E-state index is 4.85.